The molecular weight excluding hydrogens is 195 g/mol. The Morgan fingerprint density at radius 2 is 2.00 bits per heavy atom. The van der Waals surface area contributed by atoms with Crippen LogP contribution in [0.25, 0.3) is 0 Å². The Morgan fingerprint density at radius 3 is 2.10 bits per heavy atom. The third kappa shape index (κ3) is 1.08. The van der Waals surface area contributed by atoms with Crippen LogP contribution in [0.3, 0.4) is 0 Å². The first-order valence-corrected chi connectivity index (χ1v) is 4.13. The Hall–Kier alpha value is -0.0105. The van der Waals surface area contributed by atoms with Crippen molar-refractivity contribution in [3.63, 3.8) is 0 Å². The molecule has 0 aromatic rings. The van der Waals surface area contributed by atoms with Crippen molar-refractivity contribution in [1.29, 1.82) is 0 Å². The van der Waals surface area contributed by atoms with E-state index in [-0.39, 0.29) is 15.9 Å². The van der Waals surface area contributed by atoms with Crippen molar-refractivity contribution >= 4 is 22.0 Å². The Kier molecular flexibility index (Phi) is 1.61. The van der Waals surface area contributed by atoms with Crippen LogP contribution in [0.15, 0.2) is 0 Å². The minimum atomic E-state index is -0.343. The molecule has 0 saturated carbocycles. The van der Waals surface area contributed by atoms with Gasteiger partial charge in [-0.1, -0.05) is 0 Å². The molecule has 10 heavy (non-hydrogen) atoms. The third-order valence-electron chi connectivity index (χ3n) is 2.12. The van der Waals surface area contributed by atoms with Gasteiger partial charge in [0.1, 0.15) is 0 Å². The van der Waals surface area contributed by atoms with Gasteiger partial charge in [0, 0.05) is 0 Å². The molecule has 0 bridgehead atoms. The molecular formula is C7H11O2Se. The second-order valence-corrected chi connectivity index (χ2v) is 5.28. The van der Waals surface area contributed by atoms with Gasteiger partial charge in [-0.15, -0.1) is 0 Å². The van der Waals surface area contributed by atoms with Gasteiger partial charge in [0.2, 0.25) is 0 Å². The van der Waals surface area contributed by atoms with Crippen molar-refractivity contribution in [3.05, 3.63) is 0 Å². The van der Waals surface area contributed by atoms with Crippen LogP contribution >= 0.6 is 0 Å². The molecule has 2 nitrogen and oxygen atoms in total. The SMILES string of the molecule is CC1([Se])CC(=O)OC1(C)C. The monoisotopic (exact) mass is 207 g/mol. The predicted octanol–water partition coefficient (Wildman–Crippen LogP) is 1.06. The summed E-state index contributed by atoms with van der Waals surface area (Å²) in [6.45, 7) is 5.85. The molecule has 0 aliphatic carbocycles. The van der Waals surface area contributed by atoms with Gasteiger partial charge >= 0.3 is 68.6 Å². The van der Waals surface area contributed by atoms with E-state index < -0.39 is 0 Å². The van der Waals surface area contributed by atoms with Gasteiger partial charge < -0.3 is 0 Å². The molecule has 0 amide bonds. The van der Waals surface area contributed by atoms with E-state index in [1.54, 1.807) is 0 Å². The zero-order valence-corrected chi connectivity index (χ0v) is 8.14. The summed E-state index contributed by atoms with van der Waals surface area (Å²) < 4.78 is 4.96. The number of cyclic esters (lactones) is 1. The second kappa shape index (κ2) is 1.99. The number of carbonyl (C=O) groups is 1. The molecule has 0 aromatic carbocycles. The summed E-state index contributed by atoms with van der Waals surface area (Å²) in [6, 6.07) is 0. The van der Waals surface area contributed by atoms with Gasteiger partial charge in [0.05, 0.1) is 0 Å². The molecule has 0 spiro atoms. The number of rotatable bonds is 0. The van der Waals surface area contributed by atoms with Crippen LogP contribution in [0.1, 0.15) is 27.2 Å². The molecule has 57 valence electrons. The molecule has 1 saturated heterocycles. The summed E-state index contributed by atoms with van der Waals surface area (Å²) in [7, 11) is 0. The maximum absolute atomic E-state index is 10.8. The molecule has 1 aliphatic heterocycles. The van der Waals surface area contributed by atoms with Crippen molar-refractivity contribution in [2.75, 3.05) is 0 Å². The molecule has 3 heteroatoms. The van der Waals surface area contributed by atoms with E-state index in [9.17, 15) is 4.79 Å². The van der Waals surface area contributed by atoms with Gasteiger partial charge in [-0.05, 0) is 0 Å². The first-order chi connectivity index (χ1) is 4.35. The Labute approximate surface area is 69.1 Å². The van der Waals surface area contributed by atoms with Crippen LogP contribution < -0.4 is 0 Å². The van der Waals surface area contributed by atoms with E-state index in [4.69, 9.17) is 4.74 Å². The average molecular weight is 206 g/mol. The summed E-state index contributed by atoms with van der Waals surface area (Å²) in [5.74, 6) is -0.105. The molecule has 0 N–H and O–H groups in total. The summed E-state index contributed by atoms with van der Waals surface area (Å²) in [5, 5.41) is 0. The fraction of sp³-hybridized carbons (Fsp3) is 0.857. The Balaban J connectivity index is 2.88. The number of esters is 1. The van der Waals surface area contributed by atoms with Crippen molar-refractivity contribution < 1.29 is 9.53 Å². The second-order valence-electron chi connectivity index (χ2n) is 3.39. The van der Waals surface area contributed by atoms with E-state index >= 15 is 0 Å². The van der Waals surface area contributed by atoms with E-state index in [1.807, 2.05) is 20.8 Å². The zero-order valence-electron chi connectivity index (χ0n) is 6.43. The van der Waals surface area contributed by atoms with Gasteiger partial charge in [-0.3, -0.25) is 0 Å². The van der Waals surface area contributed by atoms with E-state index in [1.165, 1.54) is 0 Å². The van der Waals surface area contributed by atoms with Gasteiger partial charge in [0.15, 0.2) is 0 Å². The Morgan fingerprint density at radius 1 is 1.50 bits per heavy atom. The number of hydrogen-bond donors (Lipinski definition) is 0. The average Bonchev–Trinajstić information content (AvgIpc) is 1.73. The fourth-order valence-corrected chi connectivity index (χ4v) is 1.25. The van der Waals surface area contributed by atoms with Crippen LogP contribution in [0.5, 0.6) is 0 Å². The normalized spacial score (nSPS) is 37.8. The first kappa shape index (κ1) is 8.09. The van der Waals surface area contributed by atoms with Crippen LogP contribution in [-0.4, -0.2) is 27.6 Å². The number of ether oxygens (including phenoxy) is 1. The standard InChI is InChI=1S/C7H11O2Se/c1-6(2)7(3,10)4-5(8)9-6/h4H2,1-3H3. The quantitative estimate of drug-likeness (QED) is 0.437. The van der Waals surface area contributed by atoms with Crippen molar-refractivity contribution in [3.8, 4) is 0 Å². The minimum absolute atomic E-state index is 0.105. The summed E-state index contributed by atoms with van der Waals surface area (Å²) in [4.78, 5) is 10.8. The van der Waals surface area contributed by atoms with E-state index in [2.05, 4.69) is 16.0 Å². The summed E-state index contributed by atoms with van der Waals surface area (Å²) in [6.07, 6.45) is 0.486. The number of hydrogen-bond acceptors (Lipinski definition) is 2. The number of carbonyl (C=O) groups excluding carboxylic acids is 1. The Bertz CT molecular complexity index is 154. The van der Waals surface area contributed by atoms with Crippen LogP contribution in [0.2, 0.25) is 4.31 Å². The molecule has 1 heterocycles. The van der Waals surface area contributed by atoms with E-state index in [0.29, 0.717) is 6.42 Å². The predicted molar refractivity (Wildman–Crippen MR) is 38.9 cm³/mol. The first-order valence-electron chi connectivity index (χ1n) is 3.27. The molecule has 1 aliphatic rings. The maximum atomic E-state index is 10.8. The third-order valence-corrected chi connectivity index (χ3v) is 3.46. The zero-order chi connectivity index (χ0) is 7.99. The van der Waals surface area contributed by atoms with Crippen LogP contribution in [-0.2, 0) is 9.53 Å². The molecule has 1 fully saturated rings. The summed E-state index contributed by atoms with van der Waals surface area (Å²) >= 11 is 2.99. The van der Waals surface area contributed by atoms with Crippen molar-refractivity contribution in [2.45, 2.75) is 37.1 Å². The fourth-order valence-electron chi connectivity index (χ4n) is 0.917. The van der Waals surface area contributed by atoms with Gasteiger partial charge in [0.25, 0.3) is 0 Å². The summed E-state index contributed by atoms with van der Waals surface area (Å²) in [5.41, 5.74) is -0.343. The molecule has 0 aromatic heterocycles. The molecule has 1 atom stereocenters. The van der Waals surface area contributed by atoms with Gasteiger partial charge in [-0.25, -0.2) is 0 Å². The van der Waals surface area contributed by atoms with Crippen LogP contribution in [0, 0.1) is 0 Å². The van der Waals surface area contributed by atoms with Crippen LogP contribution in [0.4, 0.5) is 0 Å². The van der Waals surface area contributed by atoms with Crippen molar-refractivity contribution in [1.82, 2.24) is 0 Å². The van der Waals surface area contributed by atoms with Crippen molar-refractivity contribution in [2.24, 2.45) is 0 Å². The van der Waals surface area contributed by atoms with Gasteiger partial charge in [-0.2, -0.15) is 0 Å². The topological polar surface area (TPSA) is 26.3 Å². The van der Waals surface area contributed by atoms with E-state index in [0.717, 1.165) is 0 Å². The molecule has 1 radical (unpaired) electrons. The molecule has 1 unspecified atom stereocenters. The molecule has 1 rings (SSSR count).